The van der Waals surface area contributed by atoms with Crippen molar-refractivity contribution >= 4 is 5.78 Å². The number of Topliss-reactive ketones (excluding diaryl/α,β-unsaturated/α-hetero) is 1. The second-order valence-electron chi connectivity index (χ2n) is 4.45. The van der Waals surface area contributed by atoms with E-state index in [9.17, 15) is 4.79 Å². The van der Waals surface area contributed by atoms with Gasteiger partial charge in [0.2, 0.25) is 0 Å². The highest BCUT2D eigenvalue weighted by molar-refractivity contribution is 5.96. The van der Waals surface area contributed by atoms with Gasteiger partial charge in [0.15, 0.2) is 5.78 Å². The monoisotopic (exact) mass is 205 g/mol. The Bertz CT molecular complexity index is 355. The Balaban J connectivity index is 3.08. The second kappa shape index (κ2) is 4.58. The summed E-state index contributed by atoms with van der Waals surface area (Å²) in [4.78, 5) is 11.5. The minimum absolute atomic E-state index is 0.0654. The molecule has 0 saturated carbocycles. The largest absolute Gasteiger partial charge is 0.330 e. The second-order valence-corrected chi connectivity index (χ2v) is 4.45. The number of hydrogen-bond donors (Lipinski definition) is 1. The Morgan fingerprint density at radius 3 is 2.60 bits per heavy atom. The summed E-state index contributed by atoms with van der Waals surface area (Å²) < 4.78 is 0. The third-order valence-corrected chi connectivity index (χ3v) is 2.80. The summed E-state index contributed by atoms with van der Waals surface area (Å²) in [7, 11) is 0. The highest BCUT2D eigenvalue weighted by Crippen LogP contribution is 2.22. The lowest BCUT2D eigenvalue weighted by Gasteiger charge is -2.23. The number of carbonyl (C=O) groups excluding carboxylic acids is 1. The van der Waals surface area contributed by atoms with Crippen LogP contribution in [0.4, 0.5) is 0 Å². The lowest BCUT2D eigenvalue weighted by atomic mass is 9.84. The van der Waals surface area contributed by atoms with Gasteiger partial charge in [0.25, 0.3) is 0 Å². The summed E-state index contributed by atoms with van der Waals surface area (Å²) in [6.45, 7) is 6.63. The van der Waals surface area contributed by atoms with E-state index in [1.807, 2.05) is 31.2 Å². The molecule has 0 unspecified atom stereocenters. The van der Waals surface area contributed by atoms with Crippen molar-refractivity contribution in [2.45, 2.75) is 32.6 Å². The van der Waals surface area contributed by atoms with Gasteiger partial charge in [-0.15, -0.1) is 0 Å². The summed E-state index contributed by atoms with van der Waals surface area (Å²) in [6.07, 6.45) is 0.548. The molecule has 0 aliphatic rings. The predicted octanol–water partition coefficient (Wildman–Crippen LogP) is 2.52. The number of ketones is 1. The van der Waals surface area contributed by atoms with Gasteiger partial charge in [-0.2, -0.15) is 0 Å². The van der Waals surface area contributed by atoms with Gasteiger partial charge in [-0.3, -0.25) is 4.79 Å². The topological polar surface area (TPSA) is 43.1 Å². The van der Waals surface area contributed by atoms with E-state index in [0.717, 1.165) is 11.1 Å². The molecule has 0 bridgehead atoms. The van der Waals surface area contributed by atoms with E-state index in [4.69, 9.17) is 5.73 Å². The molecule has 82 valence electrons. The summed E-state index contributed by atoms with van der Waals surface area (Å²) in [5, 5.41) is 0. The van der Waals surface area contributed by atoms with Crippen molar-refractivity contribution < 1.29 is 4.79 Å². The molecule has 1 rings (SSSR count). The van der Waals surface area contributed by atoms with Crippen LogP contribution >= 0.6 is 0 Å². The third-order valence-electron chi connectivity index (χ3n) is 2.80. The van der Waals surface area contributed by atoms with Crippen molar-refractivity contribution in [3.8, 4) is 0 Å². The Hall–Kier alpha value is -1.15. The van der Waals surface area contributed by atoms with Crippen LogP contribution in [0.25, 0.3) is 0 Å². The molecule has 15 heavy (non-hydrogen) atoms. The fraction of sp³-hybridized carbons (Fsp3) is 0.462. The van der Waals surface area contributed by atoms with Gasteiger partial charge in [0, 0.05) is 23.9 Å². The molecule has 0 atom stereocenters. The first-order valence-electron chi connectivity index (χ1n) is 5.35. The normalized spacial score (nSPS) is 11.5. The smallest absolute Gasteiger partial charge is 0.162 e. The van der Waals surface area contributed by atoms with Crippen LogP contribution in [0.5, 0.6) is 0 Å². The molecular weight excluding hydrogens is 186 g/mol. The fourth-order valence-corrected chi connectivity index (χ4v) is 1.44. The van der Waals surface area contributed by atoms with Crippen molar-refractivity contribution in [3.63, 3.8) is 0 Å². The van der Waals surface area contributed by atoms with Crippen LogP contribution in [0.1, 0.15) is 43.1 Å². The average molecular weight is 205 g/mol. The van der Waals surface area contributed by atoms with Gasteiger partial charge < -0.3 is 5.73 Å². The molecule has 1 aromatic rings. The zero-order valence-corrected chi connectivity index (χ0v) is 9.71. The number of benzene rings is 1. The number of carbonyl (C=O) groups is 1. The number of rotatable bonds is 4. The van der Waals surface area contributed by atoms with Crippen LogP contribution < -0.4 is 5.73 Å². The lowest BCUT2D eigenvalue weighted by Crippen LogP contribution is -2.28. The Kier molecular flexibility index (Phi) is 3.64. The number of hydrogen-bond acceptors (Lipinski definition) is 2. The minimum Gasteiger partial charge on any atom is -0.330 e. The zero-order chi connectivity index (χ0) is 11.5. The SMILES string of the molecule is CCC(=O)c1cccc(C(C)(C)CN)c1. The van der Waals surface area contributed by atoms with Gasteiger partial charge in [-0.1, -0.05) is 39.0 Å². The average Bonchev–Trinajstić information content (AvgIpc) is 2.28. The van der Waals surface area contributed by atoms with E-state index in [-0.39, 0.29) is 11.2 Å². The number of nitrogens with two attached hydrogens (primary N) is 1. The molecule has 2 N–H and O–H groups in total. The summed E-state index contributed by atoms with van der Waals surface area (Å²) in [6, 6.07) is 7.77. The van der Waals surface area contributed by atoms with E-state index in [1.54, 1.807) is 0 Å². The molecule has 2 nitrogen and oxygen atoms in total. The van der Waals surface area contributed by atoms with E-state index in [1.165, 1.54) is 0 Å². The highest BCUT2D eigenvalue weighted by Gasteiger charge is 2.19. The highest BCUT2D eigenvalue weighted by atomic mass is 16.1. The maximum absolute atomic E-state index is 11.5. The van der Waals surface area contributed by atoms with E-state index < -0.39 is 0 Å². The first kappa shape index (κ1) is 11.9. The maximum atomic E-state index is 11.5. The molecule has 0 radical (unpaired) electrons. The van der Waals surface area contributed by atoms with Crippen molar-refractivity contribution in [2.75, 3.05) is 6.54 Å². The van der Waals surface area contributed by atoms with Crippen LogP contribution in [-0.4, -0.2) is 12.3 Å². The Morgan fingerprint density at radius 1 is 1.40 bits per heavy atom. The standard InChI is InChI=1S/C13H19NO/c1-4-12(15)10-6-5-7-11(8-10)13(2,3)9-14/h5-8H,4,9,14H2,1-3H3. The molecule has 0 heterocycles. The molecule has 0 aliphatic heterocycles. The Morgan fingerprint density at radius 2 is 2.07 bits per heavy atom. The van der Waals surface area contributed by atoms with Gasteiger partial charge in [0.05, 0.1) is 0 Å². The van der Waals surface area contributed by atoms with Crippen molar-refractivity contribution in [1.82, 2.24) is 0 Å². The minimum atomic E-state index is -0.0654. The summed E-state index contributed by atoms with van der Waals surface area (Å²) in [5.41, 5.74) is 7.56. The molecule has 1 aromatic carbocycles. The predicted molar refractivity (Wildman–Crippen MR) is 63.1 cm³/mol. The summed E-state index contributed by atoms with van der Waals surface area (Å²) >= 11 is 0. The fourth-order valence-electron chi connectivity index (χ4n) is 1.44. The van der Waals surface area contributed by atoms with Crippen LogP contribution in [-0.2, 0) is 5.41 Å². The molecule has 0 aromatic heterocycles. The Labute approximate surface area is 91.5 Å². The van der Waals surface area contributed by atoms with E-state index >= 15 is 0 Å². The van der Waals surface area contributed by atoms with Crippen LogP contribution in [0.15, 0.2) is 24.3 Å². The summed E-state index contributed by atoms with van der Waals surface area (Å²) in [5.74, 6) is 0.185. The van der Waals surface area contributed by atoms with Crippen LogP contribution in [0.3, 0.4) is 0 Å². The quantitative estimate of drug-likeness (QED) is 0.767. The molecule has 0 amide bonds. The zero-order valence-electron chi connectivity index (χ0n) is 9.71. The van der Waals surface area contributed by atoms with Crippen molar-refractivity contribution in [1.29, 1.82) is 0 Å². The maximum Gasteiger partial charge on any atom is 0.162 e. The van der Waals surface area contributed by atoms with Gasteiger partial charge in [0.1, 0.15) is 0 Å². The van der Waals surface area contributed by atoms with Gasteiger partial charge in [-0.05, 0) is 11.6 Å². The molecule has 0 fully saturated rings. The lowest BCUT2D eigenvalue weighted by molar-refractivity contribution is 0.0988. The molecule has 2 heteroatoms. The van der Waals surface area contributed by atoms with Gasteiger partial charge in [-0.25, -0.2) is 0 Å². The molecule has 0 spiro atoms. The van der Waals surface area contributed by atoms with Crippen molar-refractivity contribution in [3.05, 3.63) is 35.4 Å². The first-order valence-corrected chi connectivity index (χ1v) is 5.35. The molecule has 0 aliphatic carbocycles. The van der Waals surface area contributed by atoms with Gasteiger partial charge >= 0.3 is 0 Å². The molecular formula is C13H19NO. The van der Waals surface area contributed by atoms with E-state index in [2.05, 4.69) is 13.8 Å². The third kappa shape index (κ3) is 2.66. The van der Waals surface area contributed by atoms with Crippen molar-refractivity contribution in [2.24, 2.45) is 5.73 Å². The molecule has 0 saturated heterocycles. The first-order chi connectivity index (χ1) is 7.01. The van der Waals surface area contributed by atoms with Crippen LogP contribution in [0, 0.1) is 0 Å². The van der Waals surface area contributed by atoms with Crippen LogP contribution in [0.2, 0.25) is 0 Å². The van der Waals surface area contributed by atoms with E-state index in [0.29, 0.717) is 13.0 Å².